The summed E-state index contributed by atoms with van der Waals surface area (Å²) in [4.78, 5) is 43.4. The molecule has 7 heteroatoms. The van der Waals surface area contributed by atoms with Crippen LogP contribution in [0.5, 0.6) is 0 Å². The van der Waals surface area contributed by atoms with Crippen molar-refractivity contribution >= 4 is 28.7 Å². The summed E-state index contributed by atoms with van der Waals surface area (Å²) in [6, 6.07) is 7.50. The Morgan fingerprint density at radius 1 is 1.13 bits per heavy atom. The fraction of sp³-hybridized carbons (Fsp3) is 0.478. The highest BCUT2D eigenvalue weighted by atomic mass is 16.5. The van der Waals surface area contributed by atoms with Gasteiger partial charge >= 0.3 is 5.97 Å². The molecular weight excluding hydrogens is 382 g/mol. The van der Waals surface area contributed by atoms with Gasteiger partial charge in [0.1, 0.15) is 0 Å². The van der Waals surface area contributed by atoms with E-state index < -0.39 is 18.5 Å². The molecule has 0 radical (unpaired) electrons. The average molecular weight is 412 g/mol. The summed E-state index contributed by atoms with van der Waals surface area (Å²) in [6.45, 7) is 5.10. The molecule has 30 heavy (non-hydrogen) atoms. The molecule has 3 rings (SSSR count). The molecule has 1 aromatic carbocycles. The van der Waals surface area contributed by atoms with Gasteiger partial charge in [0.15, 0.2) is 6.61 Å². The highest BCUT2D eigenvalue weighted by molar-refractivity contribution is 6.05. The molecule has 0 atom stereocenters. The third kappa shape index (κ3) is 5.14. The Labute approximate surface area is 176 Å². The van der Waals surface area contributed by atoms with Gasteiger partial charge in [-0.15, -0.1) is 0 Å². The summed E-state index contributed by atoms with van der Waals surface area (Å²) in [7, 11) is 1.52. The van der Waals surface area contributed by atoms with E-state index in [1.165, 1.54) is 11.9 Å². The number of likely N-dealkylation sites (N-methyl/N-ethyl adjacent to an activating group) is 1. The zero-order valence-corrected chi connectivity index (χ0v) is 18.1. The van der Waals surface area contributed by atoms with Crippen LogP contribution >= 0.6 is 0 Å². The first-order valence-corrected chi connectivity index (χ1v) is 10.3. The number of benzene rings is 1. The second-order valence-electron chi connectivity index (χ2n) is 8.76. The van der Waals surface area contributed by atoms with Gasteiger partial charge in [0.2, 0.25) is 5.91 Å². The van der Waals surface area contributed by atoms with E-state index in [0.29, 0.717) is 5.56 Å². The molecule has 0 unspecified atom stereocenters. The lowest BCUT2D eigenvalue weighted by Crippen LogP contribution is -2.46. The van der Waals surface area contributed by atoms with Crippen LogP contribution in [-0.2, 0) is 27.2 Å². The largest absolute Gasteiger partial charge is 0.452 e. The molecule has 2 amide bonds. The molecule has 2 aromatic rings. The summed E-state index contributed by atoms with van der Waals surface area (Å²) < 4.78 is 5.38. The van der Waals surface area contributed by atoms with Gasteiger partial charge in [-0.3, -0.25) is 14.6 Å². The number of pyridine rings is 1. The number of rotatable bonds is 5. The van der Waals surface area contributed by atoms with Crippen molar-refractivity contribution in [3.8, 4) is 0 Å². The molecule has 0 saturated carbocycles. The number of esters is 1. The van der Waals surface area contributed by atoms with Crippen LogP contribution in [0.15, 0.2) is 24.3 Å². The summed E-state index contributed by atoms with van der Waals surface area (Å²) in [5, 5.41) is 3.55. The highest BCUT2D eigenvalue weighted by Gasteiger charge is 2.25. The Kier molecular flexibility index (Phi) is 6.39. The van der Waals surface area contributed by atoms with E-state index in [-0.39, 0.29) is 18.0 Å². The number of ether oxygens (including phenoxy) is 1. The van der Waals surface area contributed by atoms with E-state index in [1.807, 2.05) is 45.0 Å². The minimum absolute atomic E-state index is 0.0960. The maximum absolute atomic E-state index is 13.0. The lowest BCUT2D eigenvalue weighted by molar-refractivity contribution is -0.137. The summed E-state index contributed by atoms with van der Waals surface area (Å²) in [5.41, 5.74) is 2.75. The topological polar surface area (TPSA) is 88.6 Å². The van der Waals surface area contributed by atoms with Gasteiger partial charge in [-0.1, -0.05) is 18.2 Å². The number of carbonyl (C=O) groups is 3. The molecule has 1 aliphatic rings. The molecule has 0 fully saturated rings. The summed E-state index contributed by atoms with van der Waals surface area (Å²) in [6.07, 6.45) is 3.66. The molecule has 7 nitrogen and oxygen atoms in total. The Morgan fingerprint density at radius 2 is 1.83 bits per heavy atom. The zero-order chi connectivity index (χ0) is 21.9. The number of amides is 2. The number of hydrogen-bond donors (Lipinski definition) is 1. The number of aryl methyl sites for hydroxylation is 1. The van der Waals surface area contributed by atoms with Gasteiger partial charge in [0.05, 0.1) is 17.6 Å². The fourth-order valence-electron chi connectivity index (χ4n) is 3.68. The minimum Gasteiger partial charge on any atom is -0.452 e. The molecule has 0 aliphatic heterocycles. The Balaban J connectivity index is 1.71. The number of fused-ring (bicyclic) bond motifs is 2. The summed E-state index contributed by atoms with van der Waals surface area (Å²) >= 11 is 0. The van der Waals surface area contributed by atoms with Gasteiger partial charge < -0.3 is 15.0 Å². The molecule has 1 heterocycles. The Hall–Kier alpha value is -2.96. The quantitative estimate of drug-likeness (QED) is 0.764. The first-order chi connectivity index (χ1) is 14.2. The molecule has 0 spiro atoms. The van der Waals surface area contributed by atoms with Crippen molar-refractivity contribution in [1.82, 2.24) is 15.2 Å². The number of carbonyl (C=O) groups excluding carboxylic acids is 3. The lowest BCUT2D eigenvalue weighted by atomic mass is 9.90. The standard InChI is InChI=1S/C23H29N3O4/c1-23(2,3)25-19(27)13-26(4)20(28)14-30-22(29)21-15-9-5-7-11-17(15)24-18-12-8-6-10-16(18)21/h5,7,9,11H,6,8,10,12-14H2,1-4H3,(H,25,27). The zero-order valence-electron chi connectivity index (χ0n) is 18.1. The van der Waals surface area contributed by atoms with Gasteiger partial charge in [-0.05, 0) is 58.1 Å². The van der Waals surface area contributed by atoms with Crippen molar-refractivity contribution < 1.29 is 19.1 Å². The molecule has 0 bridgehead atoms. The third-order valence-corrected chi connectivity index (χ3v) is 5.02. The average Bonchev–Trinajstić information content (AvgIpc) is 2.68. The number of nitrogens with one attached hydrogen (secondary N) is 1. The van der Waals surface area contributed by atoms with E-state index in [9.17, 15) is 14.4 Å². The van der Waals surface area contributed by atoms with Crippen molar-refractivity contribution in [3.63, 3.8) is 0 Å². The fourth-order valence-corrected chi connectivity index (χ4v) is 3.68. The van der Waals surface area contributed by atoms with Crippen LogP contribution in [0.1, 0.15) is 55.2 Å². The Morgan fingerprint density at radius 3 is 2.57 bits per heavy atom. The van der Waals surface area contributed by atoms with Crippen LogP contribution in [0.4, 0.5) is 0 Å². The van der Waals surface area contributed by atoms with Crippen LogP contribution in [-0.4, -0.2) is 53.4 Å². The van der Waals surface area contributed by atoms with Crippen molar-refractivity contribution in [3.05, 3.63) is 41.1 Å². The smallest absolute Gasteiger partial charge is 0.339 e. The predicted octanol–water partition coefficient (Wildman–Crippen LogP) is 2.64. The maximum atomic E-state index is 13.0. The summed E-state index contributed by atoms with van der Waals surface area (Å²) in [5.74, 6) is -1.22. The monoisotopic (exact) mass is 411 g/mol. The second-order valence-corrected chi connectivity index (χ2v) is 8.76. The first-order valence-electron chi connectivity index (χ1n) is 10.3. The number of nitrogens with zero attached hydrogens (tertiary/aromatic N) is 2. The van der Waals surface area contributed by atoms with Crippen LogP contribution in [0.3, 0.4) is 0 Å². The van der Waals surface area contributed by atoms with E-state index in [2.05, 4.69) is 5.32 Å². The molecule has 1 N–H and O–H groups in total. The normalized spacial score (nSPS) is 13.5. The maximum Gasteiger partial charge on any atom is 0.339 e. The molecule has 160 valence electrons. The van der Waals surface area contributed by atoms with Gasteiger partial charge in [0, 0.05) is 23.7 Å². The molecular formula is C23H29N3O4. The van der Waals surface area contributed by atoms with E-state index in [1.54, 1.807) is 0 Å². The van der Waals surface area contributed by atoms with Crippen LogP contribution in [0.2, 0.25) is 0 Å². The first kappa shape index (κ1) is 21.7. The van der Waals surface area contributed by atoms with Gasteiger partial charge in [0.25, 0.3) is 5.91 Å². The van der Waals surface area contributed by atoms with Crippen LogP contribution in [0, 0.1) is 0 Å². The number of para-hydroxylation sites is 1. The highest BCUT2D eigenvalue weighted by Crippen LogP contribution is 2.29. The van der Waals surface area contributed by atoms with Crippen molar-refractivity contribution in [2.24, 2.45) is 0 Å². The van der Waals surface area contributed by atoms with E-state index in [4.69, 9.17) is 9.72 Å². The third-order valence-electron chi connectivity index (χ3n) is 5.02. The van der Waals surface area contributed by atoms with Gasteiger partial charge in [-0.2, -0.15) is 0 Å². The van der Waals surface area contributed by atoms with Crippen LogP contribution < -0.4 is 5.32 Å². The Bertz CT molecular complexity index is 978. The van der Waals surface area contributed by atoms with Crippen molar-refractivity contribution in [2.75, 3.05) is 20.2 Å². The van der Waals surface area contributed by atoms with E-state index >= 15 is 0 Å². The molecule has 1 aliphatic carbocycles. The van der Waals surface area contributed by atoms with Gasteiger partial charge in [-0.25, -0.2) is 4.79 Å². The van der Waals surface area contributed by atoms with Crippen molar-refractivity contribution in [2.45, 2.75) is 52.0 Å². The second kappa shape index (κ2) is 8.81. The number of aromatic nitrogens is 1. The molecule has 1 aromatic heterocycles. The van der Waals surface area contributed by atoms with Crippen LogP contribution in [0.25, 0.3) is 10.9 Å². The number of hydrogen-bond acceptors (Lipinski definition) is 5. The van der Waals surface area contributed by atoms with Crippen molar-refractivity contribution in [1.29, 1.82) is 0 Å². The molecule has 0 saturated heterocycles. The van der Waals surface area contributed by atoms with E-state index in [0.717, 1.165) is 47.8 Å². The lowest BCUT2D eigenvalue weighted by Gasteiger charge is -2.23. The minimum atomic E-state index is -0.521. The SMILES string of the molecule is CN(CC(=O)NC(C)(C)C)C(=O)COC(=O)c1c2c(nc3ccccc13)CCCC2. The predicted molar refractivity (Wildman–Crippen MR) is 114 cm³/mol.